The predicted octanol–water partition coefficient (Wildman–Crippen LogP) is 3.19. The Morgan fingerprint density at radius 1 is 1.16 bits per heavy atom. The second-order valence-corrected chi connectivity index (χ2v) is 8.86. The molecule has 0 radical (unpaired) electrons. The van der Waals surface area contributed by atoms with Gasteiger partial charge in [0.2, 0.25) is 0 Å². The van der Waals surface area contributed by atoms with Crippen LogP contribution >= 0.6 is 12.2 Å². The van der Waals surface area contributed by atoms with Crippen molar-refractivity contribution < 1.29 is 8.78 Å². The largest absolute Gasteiger partial charge is 0.375 e. The number of benzene rings is 2. The fourth-order valence-electron chi connectivity index (χ4n) is 4.08. The molecule has 0 bridgehead atoms. The normalized spacial score (nSPS) is 17.2. The highest BCUT2D eigenvalue weighted by Gasteiger charge is 2.29. The minimum Gasteiger partial charge on any atom is -0.375 e. The van der Waals surface area contributed by atoms with Crippen molar-refractivity contribution in [1.82, 2.24) is 15.8 Å². The van der Waals surface area contributed by atoms with Crippen molar-refractivity contribution in [2.75, 3.05) is 31.1 Å². The first kappa shape index (κ1) is 23.4. The molecule has 3 rings (SSSR count). The Kier molecular flexibility index (Phi) is 8.17. The maximum absolute atomic E-state index is 14.9. The lowest BCUT2D eigenvalue weighted by molar-refractivity contribution is 0.156. The van der Waals surface area contributed by atoms with Crippen molar-refractivity contribution in [1.29, 1.82) is 0 Å². The molecule has 2 aromatic carbocycles. The molecule has 5 nitrogen and oxygen atoms in total. The fraction of sp³-hybridized carbons (Fsp3) is 0.435. The van der Waals surface area contributed by atoms with Crippen LogP contribution in [-0.4, -0.2) is 42.2 Å². The summed E-state index contributed by atoms with van der Waals surface area (Å²) in [6, 6.07) is 13.1. The molecule has 4 N–H and O–H groups in total. The highest BCUT2D eigenvalue weighted by molar-refractivity contribution is 7.80. The number of thiocarbonyl (C=S) groups is 1. The van der Waals surface area contributed by atoms with Crippen molar-refractivity contribution in [2.45, 2.75) is 32.9 Å². The van der Waals surface area contributed by atoms with Gasteiger partial charge in [0.15, 0.2) is 5.11 Å². The van der Waals surface area contributed by atoms with Crippen molar-refractivity contribution in [3.05, 3.63) is 65.2 Å². The Labute approximate surface area is 188 Å². The molecule has 168 valence electrons. The highest BCUT2D eigenvalue weighted by Crippen LogP contribution is 2.27. The van der Waals surface area contributed by atoms with Crippen LogP contribution in [0.5, 0.6) is 0 Å². The number of anilines is 1. The van der Waals surface area contributed by atoms with Crippen LogP contribution in [0, 0.1) is 17.6 Å². The lowest BCUT2D eigenvalue weighted by atomic mass is 10.00. The summed E-state index contributed by atoms with van der Waals surface area (Å²) in [4.78, 5) is 4.44. The summed E-state index contributed by atoms with van der Waals surface area (Å²) in [7, 11) is 0. The molecular weight excluding hydrogens is 416 g/mol. The number of rotatable bonds is 8. The van der Waals surface area contributed by atoms with Gasteiger partial charge in [-0.3, -0.25) is 10.3 Å². The second kappa shape index (κ2) is 10.8. The number of piperazine rings is 1. The molecule has 2 aromatic rings. The van der Waals surface area contributed by atoms with Gasteiger partial charge in [-0.25, -0.2) is 14.2 Å². The molecule has 0 unspecified atom stereocenters. The number of nitrogens with two attached hydrogens (primary N) is 1. The molecule has 1 fully saturated rings. The highest BCUT2D eigenvalue weighted by atomic mass is 32.1. The van der Waals surface area contributed by atoms with Crippen LogP contribution in [0.3, 0.4) is 0 Å². The minimum absolute atomic E-state index is 0.0428. The lowest BCUT2D eigenvalue weighted by Crippen LogP contribution is -2.55. The minimum atomic E-state index is -0.460. The van der Waals surface area contributed by atoms with E-state index in [1.165, 1.54) is 17.7 Å². The number of hydrogen-bond acceptors (Lipinski definition) is 4. The first-order valence-electron chi connectivity index (χ1n) is 10.6. The third-order valence-electron chi connectivity index (χ3n) is 5.47. The molecule has 8 heteroatoms. The standard InChI is InChI=1S/C23H31F2N5S/c1-16(2)14-29-8-9-30(15-19(29)10-17-6-4-3-5-7-17)22-12-20(24)18(11-21(22)25)13-27-28-23(26)31/h3-7,11-12,16,19,27H,8-10,13-15H2,1-2H3,(H3,26,28,31)/t19-/m0/s1. The molecule has 0 amide bonds. The first-order valence-corrected chi connectivity index (χ1v) is 11.0. The zero-order valence-corrected chi connectivity index (χ0v) is 18.9. The summed E-state index contributed by atoms with van der Waals surface area (Å²) in [6.07, 6.45) is 0.876. The Morgan fingerprint density at radius 2 is 1.90 bits per heavy atom. The van der Waals surface area contributed by atoms with Gasteiger partial charge in [-0.05, 0) is 36.2 Å². The van der Waals surface area contributed by atoms with E-state index in [0.717, 1.165) is 19.5 Å². The quantitative estimate of drug-likeness (QED) is 0.427. The monoisotopic (exact) mass is 447 g/mol. The average Bonchev–Trinajstić information content (AvgIpc) is 2.72. The third-order valence-corrected chi connectivity index (χ3v) is 5.57. The number of hydrogen-bond donors (Lipinski definition) is 3. The molecule has 0 spiro atoms. The third kappa shape index (κ3) is 6.59. The number of hydrazine groups is 1. The van der Waals surface area contributed by atoms with E-state index in [0.29, 0.717) is 24.7 Å². The first-order chi connectivity index (χ1) is 14.8. The molecule has 31 heavy (non-hydrogen) atoms. The molecule has 0 aromatic heterocycles. The van der Waals surface area contributed by atoms with Gasteiger partial charge in [0.1, 0.15) is 11.6 Å². The fourth-order valence-corrected chi connectivity index (χ4v) is 4.15. The number of nitrogens with zero attached hydrogens (tertiary/aromatic N) is 2. The molecule has 1 aliphatic rings. The zero-order valence-electron chi connectivity index (χ0n) is 18.1. The number of halogens is 2. The molecule has 1 heterocycles. The summed E-state index contributed by atoms with van der Waals surface area (Å²) in [6.45, 7) is 7.60. The maximum Gasteiger partial charge on any atom is 0.178 e. The van der Waals surface area contributed by atoms with E-state index in [2.05, 4.69) is 41.7 Å². The van der Waals surface area contributed by atoms with Crippen LogP contribution in [0.1, 0.15) is 25.0 Å². The molecule has 1 atom stereocenters. The van der Waals surface area contributed by atoms with Gasteiger partial charge >= 0.3 is 0 Å². The number of nitrogens with one attached hydrogen (secondary N) is 2. The maximum atomic E-state index is 14.9. The zero-order chi connectivity index (χ0) is 22.4. The summed E-state index contributed by atoms with van der Waals surface area (Å²) in [5, 5.41) is 0.0428. The SMILES string of the molecule is CC(C)CN1CCN(c2cc(F)c(CNNC(N)=S)cc2F)C[C@@H]1Cc1ccccc1. The van der Waals surface area contributed by atoms with Crippen LogP contribution < -0.4 is 21.5 Å². The van der Waals surface area contributed by atoms with E-state index >= 15 is 0 Å². The molecule has 0 saturated carbocycles. The van der Waals surface area contributed by atoms with Crippen molar-refractivity contribution in [3.8, 4) is 0 Å². The van der Waals surface area contributed by atoms with Gasteiger partial charge in [-0.2, -0.15) is 0 Å². The van der Waals surface area contributed by atoms with Crippen LogP contribution in [0.2, 0.25) is 0 Å². The Balaban J connectivity index is 1.76. The average molecular weight is 448 g/mol. The Hall–Kier alpha value is -2.29. The van der Waals surface area contributed by atoms with Gasteiger partial charge in [0, 0.05) is 50.4 Å². The van der Waals surface area contributed by atoms with Crippen LogP contribution in [-0.2, 0) is 13.0 Å². The predicted molar refractivity (Wildman–Crippen MR) is 126 cm³/mol. The second-order valence-electron chi connectivity index (χ2n) is 8.42. The van der Waals surface area contributed by atoms with Gasteiger partial charge in [0.25, 0.3) is 0 Å². The molecule has 0 aliphatic carbocycles. The Bertz CT molecular complexity index is 878. The van der Waals surface area contributed by atoms with E-state index in [-0.39, 0.29) is 23.3 Å². The van der Waals surface area contributed by atoms with E-state index in [1.807, 2.05) is 23.1 Å². The van der Waals surface area contributed by atoms with E-state index < -0.39 is 11.6 Å². The summed E-state index contributed by atoms with van der Waals surface area (Å²) in [5.41, 5.74) is 12.3. The van der Waals surface area contributed by atoms with Crippen molar-refractivity contribution in [3.63, 3.8) is 0 Å². The Morgan fingerprint density at radius 3 is 2.58 bits per heavy atom. The van der Waals surface area contributed by atoms with Crippen molar-refractivity contribution in [2.24, 2.45) is 11.7 Å². The van der Waals surface area contributed by atoms with Crippen LogP contribution in [0.4, 0.5) is 14.5 Å². The van der Waals surface area contributed by atoms with E-state index in [4.69, 9.17) is 18.0 Å². The topological polar surface area (TPSA) is 56.6 Å². The van der Waals surface area contributed by atoms with Gasteiger partial charge < -0.3 is 10.6 Å². The van der Waals surface area contributed by atoms with E-state index in [1.54, 1.807) is 0 Å². The van der Waals surface area contributed by atoms with Gasteiger partial charge in [0.05, 0.1) is 5.69 Å². The lowest BCUT2D eigenvalue weighted by Gasteiger charge is -2.43. The summed E-state index contributed by atoms with van der Waals surface area (Å²) >= 11 is 4.69. The molecular formula is C23H31F2N5S. The van der Waals surface area contributed by atoms with Gasteiger partial charge in [-0.1, -0.05) is 44.2 Å². The summed E-state index contributed by atoms with van der Waals surface area (Å²) in [5.74, 6) is -0.344. The van der Waals surface area contributed by atoms with Crippen molar-refractivity contribution >= 4 is 23.0 Å². The van der Waals surface area contributed by atoms with Gasteiger partial charge in [-0.15, -0.1) is 0 Å². The van der Waals surface area contributed by atoms with Crippen LogP contribution in [0.15, 0.2) is 42.5 Å². The summed E-state index contributed by atoms with van der Waals surface area (Å²) < 4.78 is 29.6. The molecule has 1 saturated heterocycles. The smallest absolute Gasteiger partial charge is 0.178 e. The van der Waals surface area contributed by atoms with Crippen LogP contribution in [0.25, 0.3) is 0 Å². The molecule has 1 aliphatic heterocycles. The van der Waals surface area contributed by atoms with E-state index in [9.17, 15) is 8.78 Å².